The van der Waals surface area contributed by atoms with Gasteiger partial charge in [0, 0.05) is 7.11 Å². The quantitative estimate of drug-likeness (QED) is 0.448. The standard InChI is InChI=1S/C7H13O5/c1-4-11-6(8)7(9,10-3)12-5-2/h4-5H2,1-3H3. The van der Waals surface area contributed by atoms with Gasteiger partial charge in [0.05, 0.1) is 13.2 Å². The Hall–Kier alpha value is -0.650. The highest BCUT2D eigenvalue weighted by molar-refractivity contribution is 5.75. The lowest BCUT2D eigenvalue weighted by molar-refractivity contribution is -0.360. The zero-order valence-electron chi connectivity index (χ0n) is 7.46. The SMILES string of the molecule is CCOC(=O)C([O])(OC)OCC. The van der Waals surface area contributed by atoms with Crippen molar-refractivity contribution in [1.29, 1.82) is 0 Å². The Bertz CT molecular complexity index is 147. The van der Waals surface area contributed by atoms with Gasteiger partial charge >= 0.3 is 11.9 Å². The van der Waals surface area contributed by atoms with E-state index in [2.05, 4.69) is 14.2 Å². The van der Waals surface area contributed by atoms with Crippen molar-refractivity contribution in [3.63, 3.8) is 0 Å². The fraction of sp³-hybridized carbons (Fsp3) is 0.857. The first kappa shape index (κ1) is 11.4. The van der Waals surface area contributed by atoms with Crippen LogP contribution in [0, 0.1) is 0 Å². The predicted octanol–water partition coefficient (Wildman–Crippen LogP) is 0.317. The molecule has 5 nitrogen and oxygen atoms in total. The molecule has 71 valence electrons. The molecule has 0 amide bonds. The molecule has 0 saturated carbocycles. The third-order valence-corrected chi connectivity index (χ3v) is 1.13. The molecule has 0 rings (SSSR count). The second-order valence-corrected chi connectivity index (χ2v) is 1.91. The molecular weight excluding hydrogens is 164 g/mol. The Labute approximate surface area is 71.2 Å². The molecule has 0 saturated heterocycles. The van der Waals surface area contributed by atoms with Crippen molar-refractivity contribution >= 4 is 5.97 Å². The summed E-state index contributed by atoms with van der Waals surface area (Å²) in [5.74, 6) is -3.56. The van der Waals surface area contributed by atoms with Gasteiger partial charge in [-0.05, 0) is 13.8 Å². The van der Waals surface area contributed by atoms with Crippen molar-refractivity contribution in [3.05, 3.63) is 0 Å². The monoisotopic (exact) mass is 177 g/mol. The van der Waals surface area contributed by atoms with Crippen molar-refractivity contribution < 1.29 is 24.1 Å². The first-order valence-electron chi connectivity index (χ1n) is 3.67. The average molecular weight is 177 g/mol. The van der Waals surface area contributed by atoms with Crippen LogP contribution in [0.4, 0.5) is 0 Å². The van der Waals surface area contributed by atoms with E-state index in [-0.39, 0.29) is 13.2 Å². The highest BCUT2D eigenvalue weighted by Crippen LogP contribution is 2.10. The molecule has 12 heavy (non-hydrogen) atoms. The van der Waals surface area contributed by atoms with Crippen LogP contribution in [0.25, 0.3) is 0 Å². The van der Waals surface area contributed by atoms with E-state index in [1.54, 1.807) is 13.8 Å². The van der Waals surface area contributed by atoms with Crippen LogP contribution >= 0.6 is 0 Å². The summed E-state index contributed by atoms with van der Waals surface area (Å²) in [4.78, 5) is 10.9. The predicted molar refractivity (Wildman–Crippen MR) is 38.7 cm³/mol. The Morgan fingerprint density at radius 1 is 1.33 bits per heavy atom. The second-order valence-electron chi connectivity index (χ2n) is 1.91. The zero-order valence-corrected chi connectivity index (χ0v) is 7.46. The normalized spacial score (nSPS) is 15.3. The van der Waals surface area contributed by atoms with Crippen LogP contribution in [0.15, 0.2) is 0 Å². The number of carbonyl (C=O) groups is 1. The highest BCUT2D eigenvalue weighted by atomic mass is 16.8. The van der Waals surface area contributed by atoms with Gasteiger partial charge in [-0.15, -0.1) is 0 Å². The summed E-state index contributed by atoms with van der Waals surface area (Å²) in [5.41, 5.74) is 0. The van der Waals surface area contributed by atoms with E-state index in [9.17, 15) is 9.90 Å². The van der Waals surface area contributed by atoms with E-state index < -0.39 is 11.9 Å². The summed E-state index contributed by atoms with van der Waals surface area (Å²) in [7, 11) is 1.10. The van der Waals surface area contributed by atoms with Crippen LogP contribution in [-0.2, 0) is 24.1 Å². The Balaban J connectivity index is 4.18. The molecule has 0 spiro atoms. The minimum atomic E-state index is -2.51. The van der Waals surface area contributed by atoms with Crippen LogP contribution in [-0.4, -0.2) is 32.3 Å². The van der Waals surface area contributed by atoms with Crippen molar-refractivity contribution in [1.82, 2.24) is 0 Å². The van der Waals surface area contributed by atoms with Crippen LogP contribution in [0.2, 0.25) is 0 Å². The fourth-order valence-corrected chi connectivity index (χ4v) is 0.611. The number of hydrogen-bond acceptors (Lipinski definition) is 4. The van der Waals surface area contributed by atoms with E-state index in [4.69, 9.17) is 0 Å². The molecule has 0 aromatic rings. The van der Waals surface area contributed by atoms with E-state index in [0.29, 0.717) is 0 Å². The average Bonchev–Trinajstić information content (AvgIpc) is 2.05. The number of ether oxygens (including phenoxy) is 3. The van der Waals surface area contributed by atoms with Crippen LogP contribution in [0.5, 0.6) is 0 Å². The maximum Gasteiger partial charge on any atom is 0.413 e. The van der Waals surface area contributed by atoms with Gasteiger partial charge in [0.15, 0.2) is 0 Å². The minimum Gasteiger partial charge on any atom is -0.460 e. The Morgan fingerprint density at radius 2 is 1.92 bits per heavy atom. The van der Waals surface area contributed by atoms with Crippen molar-refractivity contribution in [2.45, 2.75) is 19.8 Å². The van der Waals surface area contributed by atoms with Gasteiger partial charge in [-0.2, -0.15) is 5.11 Å². The minimum absolute atomic E-state index is 0.0934. The molecule has 0 aliphatic heterocycles. The fourth-order valence-electron chi connectivity index (χ4n) is 0.611. The molecule has 0 aliphatic carbocycles. The molecule has 0 aromatic carbocycles. The maximum atomic E-state index is 11.2. The smallest absolute Gasteiger partial charge is 0.413 e. The summed E-state index contributed by atoms with van der Waals surface area (Å²) >= 11 is 0. The molecule has 1 unspecified atom stereocenters. The summed E-state index contributed by atoms with van der Waals surface area (Å²) in [6.07, 6.45) is 0. The number of esters is 1. The summed E-state index contributed by atoms with van der Waals surface area (Å²) in [6.45, 7) is 3.40. The Kier molecular flexibility index (Phi) is 4.80. The highest BCUT2D eigenvalue weighted by Gasteiger charge is 2.41. The molecule has 0 aromatic heterocycles. The third-order valence-electron chi connectivity index (χ3n) is 1.13. The van der Waals surface area contributed by atoms with Gasteiger partial charge in [-0.25, -0.2) is 4.79 Å². The Morgan fingerprint density at radius 3 is 2.25 bits per heavy atom. The second kappa shape index (κ2) is 5.08. The van der Waals surface area contributed by atoms with E-state index in [0.717, 1.165) is 7.11 Å². The lowest BCUT2D eigenvalue weighted by Crippen LogP contribution is -2.43. The number of rotatable bonds is 5. The number of hydrogen-bond donors (Lipinski definition) is 0. The first-order valence-corrected chi connectivity index (χ1v) is 3.67. The third kappa shape index (κ3) is 2.77. The lowest BCUT2D eigenvalue weighted by Gasteiger charge is -2.20. The van der Waals surface area contributed by atoms with Gasteiger partial charge in [0.1, 0.15) is 0 Å². The largest absolute Gasteiger partial charge is 0.460 e. The summed E-state index contributed by atoms with van der Waals surface area (Å²) in [6, 6.07) is 0. The summed E-state index contributed by atoms with van der Waals surface area (Å²) < 4.78 is 13.3. The van der Waals surface area contributed by atoms with Crippen molar-refractivity contribution in [2.75, 3.05) is 20.3 Å². The van der Waals surface area contributed by atoms with Gasteiger partial charge in [0.25, 0.3) is 0 Å². The van der Waals surface area contributed by atoms with Crippen LogP contribution < -0.4 is 0 Å². The number of methoxy groups -OCH3 is 1. The van der Waals surface area contributed by atoms with Crippen LogP contribution in [0.3, 0.4) is 0 Å². The molecule has 0 N–H and O–H groups in total. The maximum absolute atomic E-state index is 11.2. The molecular formula is C7H13O5. The van der Waals surface area contributed by atoms with E-state index >= 15 is 0 Å². The van der Waals surface area contributed by atoms with Gasteiger partial charge < -0.3 is 14.2 Å². The molecule has 0 fully saturated rings. The zero-order chi connectivity index (χ0) is 9.61. The summed E-state index contributed by atoms with van der Waals surface area (Å²) in [5, 5.41) is 11.2. The molecule has 1 atom stereocenters. The van der Waals surface area contributed by atoms with E-state index in [1.165, 1.54) is 0 Å². The van der Waals surface area contributed by atoms with E-state index in [1.807, 2.05) is 0 Å². The molecule has 0 aliphatic rings. The lowest BCUT2D eigenvalue weighted by atomic mass is 10.5. The van der Waals surface area contributed by atoms with Crippen LogP contribution in [0.1, 0.15) is 13.8 Å². The molecule has 0 bridgehead atoms. The topological polar surface area (TPSA) is 64.7 Å². The molecule has 0 heterocycles. The van der Waals surface area contributed by atoms with Crippen molar-refractivity contribution in [3.8, 4) is 0 Å². The first-order chi connectivity index (χ1) is 5.60. The number of carbonyl (C=O) groups excluding carboxylic acids is 1. The molecule has 1 radical (unpaired) electrons. The van der Waals surface area contributed by atoms with Gasteiger partial charge in [0.2, 0.25) is 0 Å². The van der Waals surface area contributed by atoms with Gasteiger partial charge in [-0.3, -0.25) is 0 Å². The van der Waals surface area contributed by atoms with Gasteiger partial charge in [-0.1, -0.05) is 0 Å². The molecule has 5 heteroatoms. The van der Waals surface area contributed by atoms with Crippen molar-refractivity contribution in [2.24, 2.45) is 0 Å².